The number of allylic oxidation sites excluding steroid dienone is 5. The first-order valence-electron chi connectivity index (χ1n) is 9.85. The van der Waals surface area contributed by atoms with Gasteiger partial charge in [0, 0.05) is 35.3 Å². The summed E-state index contributed by atoms with van der Waals surface area (Å²) in [6, 6.07) is 3.21. The van der Waals surface area contributed by atoms with Crippen LogP contribution in [0.5, 0.6) is 0 Å². The number of carboxylic acids is 1. The SMILES string of the molecule is C=C(/C=C(F)\C=C(/C)F)c1c(SC)cc(C(=O)O)cc1N(CCCC)CCCC. The number of carbonyl (C=O) groups is 1. The molecule has 0 saturated carbocycles. The highest BCUT2D eigenvalue weighted by Gasteiger charge is 2.20. The van der Waals surface area contributed by atoms with Gasteiger partial charge in [-0.05, 0) is 49.8 Å². The quantitative estimate of drug-likeness (QED) is 0.284. The van der Waals surface area contributed by atoms with Gasteiger partial charge < -0.3 is 10.0 Å². The van der Waals surface area contributed by atoms with E-state index in [1.165, 1.54) is 24.8 Å². The van der Waals surface area contributed by atoms with Crippen molar-refractivity contribution in [3.63, 3.8) is 0 Å². The molecule has 0 fully saturated rings. The third kappa shape index (κ3) is 7.69. The van der Waals surface area contributed by atoms with E-state index in [1.54, 1.807) is 12.1 Å². The molecule has 0 amide bonds. The van der Waals surface area contributed by atoms with Crippen molar-refractivity contribution in [3.05, 3.63) is 53.6 Å². The molecule has 0 bridgehead atoms. The molecule has 6 heteroatoms. The summed E-state index contributed by atoms with van der Waals surface area (Å²) in [5.41, 5.74) is 1.98. The molecule has 0 aliphatic heterocycles. The maximum absolute atomic E-state index is 14.1. The number of unbranched alkanes of at least 4 members (excludes halogenated alkanes) is 2. The third-order valence-corrected chi connectivity index (χ3v) is 5.18. The number of hydrogen-bond acceptors (Lipinski definition) is 3. The molecule has 29 heavy (non-hydrogen) atoms. The van der Waals surface area contributed by atoms with E-state index >= 15 is 0 Å². The predicted octanol–water partition coefficient (Wildman–Crippen LogP) is 7.25. The van der Waals surface area contributed by atoms with Crippen molar-refractivity contribution >= 4 is 29.0 Å². The molecular weight excluding hydrogens is 392 g/mol. The minimum Gasteiger partial charge on any atom is -0.478 e. The Kier molecular flexibility index (Phi) is 10.7. The van der Waals surface area contributed by atoms with Gasteiger partial charge in [0.05, 0.1) is 11.4 Å². The number of nitrogens with zero attached hydrogens (tertiary/aromatic N) is 1. The molecule has 0 saturated heterocycles. The Morgan fingerprint density at radius 3 is 2.21 bits per heavy atom. The predicted molar refractivity (Wildman–Crippen MR) is 120 cm³/mol. The standard InChI is InChI=1S/C23H31F2NO2S/c1-6-8-10-26(11-9-7-2)20-14-18(23(27)28)15-21(29-5)22(20)16(3)12-19(25)13-17(4)24/h12-15H,3,6-11H2,1-2,4-5H3,(H,27,28)/b17-13+,19-12+. The van der Waals surface area contributed by atoms with E-state index in [0.29, 0.717) is 16.0 Å². The number of hydrogen-bond donors (Lipinski definition) is 1. The summed E-state index contributed by atoms with van der Waals surface area (Å²) in [6.07, 6.45) is 7.76. The second kappa shape index (κ2) is 12.5. The van der Waals surface area contributed by atoms with Gasteiger partial charge in [0.1, 0.15) is 5.83 Å². The smallest absolute Gasteiger partial charge is 0.335 e. The van der Waals surface area contributed by atoms with Crippen LogP contribution in [0.15, 0.2) is 47.4 Å². The third-order valence-electron chi connectivity index (χ3n) is 4.42. The number of benzene rings is 1. The number of aromatic carboxylic acids is 1. The van der Waals surface area contributed by atoms with Crippen LogP contribution in [0.25, 0.3) is 5.57 Å². The molecule has 3 nitrogen and oxygen atoms in total. The summed E-state index contributed by atoms with van der Waals surface area (Å²) in [6.45, 7) is 10.9. The Labute approximate surface area is 177 Å². The molecule has 0 atom stereocenters. The van der Waals surface area contributed by atoms with E-state index in [-0.39, 0.29) is 5.56 Å². The van der Waals surface area contributed by atoms with Crippen LogP contribution in [-0.4, -0.2) is 30.4 Å². The van der Waals surface area contributed by atoms with Gasteiger partial charge >= 0.3 is 5.97 Å². The molecular formula is C23H31F2NO2S. The van der Waals surface area contributed by atoms with Gasteiger partial charge in [-0.15, -0.1) is 11.8 Å². The van der Waals surface area contributed by atoms with Crippen LogP contribution in [0.3, 0.4) is 0 Å². The lowest BCUT2D eigenvalue weighted by Gasteiger charge is -2.29. The number of rotatable bonds is 12. The summed E-state index contributed by atoms with van der Waals surface area (Å²) in [4.78, 5) is 14.5. The second-order valence-electron chi connectivity index (χ2n) is 6.86. The fraction of sp³-hybridized carbons (Fsp3) is 0.435. The van der Waals surface area contributed by atoms with Crippen molar-refractivity contribution in [3.8, 4) is 0 Å². The molecule has 0 radical (unpaired) electrons. The zero-order chi connectivity index (χ0) is 22.0. The van der Waals surface area contributed by atoms with Crippen molar-refractivity contribution in [2.75, 3.05) is 24.2 Å². The lowest BCUT2D eigenvalue weighted by molar-refractivity contribution is 0.0696. The molecule has 160 valence electrons. The maximum Gasteiger partial charge on any atom is 0.335 e. The first-order valence-corrected chi connectivity index (χ1v) is 11.1. The average Bonchev–Trinajstić information content (AvgIpc) is 2.66. The fourth-order valence-electron chi connectivity index (χ4n) is 2.98. The number of halogens is 2. The van der Waals surface area contributed by atoms with Crippen molar-refractivity contribution in [2.24, 2.45) is 0 Å². The Bertz CT molecular complexity index is 775. The van der Waals surface area contributed by atoms with Crippen molar-refractivity contribution < 1.29 is 18.7 Å². The minimum atomic E-state index is -1.01. The van der Waals surface area contributed by atoms with E-state index < -0.39 is 17.6 Å². The molecule has 0 spiro atoms. The van der Waals surface area contributed by atoms with Crippen LogP contribution >= 0.6 is 11.8 Å². The molecule has 1 aromatic carbocycles. The van der Waals surface area contributed by atoms with Crippen LogP contribution in [0.1, 0.15) is 62.4 Å². The second-order valence-corrected chi connectivity index (χ2v) is 7.71. The fourth-order valence-corrected chi connectivity index (χ4v) is 3.66. The van der Waals surface area contributed by atoms with Crippen LogP contribution in [0.4, 0.5) is 14.5 Å². The topological polar surface area (TPSA) is 40.5 Å². The first-order chi connectivity index (χ1) is 13.7. The number of anilines is 1. The van der Waals surface area contributed by atoms with E-state index in [4.69, 9.17) is 0 Å². The molecule has 1 aromatic rings. The molecule has 0 aromatic heterocycles. The zero-order valence-electron chi connectivity index (χ0n) is 17.7. The van der Waals surface area contributed by atoms with E-state index in [0.717, 1.165) is 50.5 Å². The lowest BCUT2D eigenvalue weighted by Crippen LogP contribution is -2.27. The van der Waals surface area contributed by atoms with Gasteiger partial charge in [-0.25, -0.2) is 13.6 Å². The molecule has 1 N–H and O–H groups in total. The molecule has 0 unspecified atom stereocenters. The van der Waals surface area contributed by atoms with E-state index in [9.17, 15) is 18.7 Å². The lowest BCUT2D eigenvalue weighted by atomic mass is 10.00. The van der Waals surface area contributed by atoms with Crippen molar-refractivity contribution in [1.29, 1.82) is 0 Å². The zero-order valence-corrected chi connectivity index (χ0v) is 18.5. The highest BCUT2D eigenvalue weighted by molar-refractivity contribution is 7.98. The summed E-state index contributed by atoms with van der Waals surface area (Å²) in [7, 11) is 0. The minimum absolute atomic E-state index is 0.183. The summed E-state index contributed by atoms with van der Waals surface area (Å²) < 4.78 is 27.2. The van der Waals surface area contributed by atoms with Crippen LogP contribution in [-0.2, 0) is 0 Å². The van der Waals surface area contributed by atoms with Crippen molar-refractivity contribution in [2.45, 2.75) is 51.3 Å². The Hall–Kier alpha value is -2.08. The Morgan fingerprint density at radius 1 is 1.17 bits per heavy atom. The highest BCUT2D eigenvalue weighted by atomic mass is 32.2. The van der Waals surface area contributed by atoms with Gasteiger partial charge in [-0.1, -0.05) is 33.3 Å². The van der Waals surface area contributed by atoms with Gasteiger partial charge in [-0.2, -0.15) is 0 Å². The maximum atomic E-state index is 14.1. The first kappa shape index (κ1) is 25.0. The van der Waals surface area contributed by atoms with Crippen molar-refractivity contribution in [1.82, 2.24) is 0 Å². The van der Waals surface area contributed by atoms with Gasteiger partial charge in [0.15, 0.2) is 0 Å². The average molecular weight is 424 g/mol. The van der Waals surface area contributed by atoms with Crippen LogP contribution in [0.2, 0.25) is 0 Å². The number of carboxylic acid groups (broad SMARTS) is 1. The molecule has 1 rings (SSSR count). The summed E-state index contributed by atoms with van der Waals surface area (Å²) in [5, 5.41) is 9.57. The molecule has 0 aliphatic carbocycles. The molecule has 0 aliphatic rings. The Morgan fingerprint density at radius 2 is 1.76 bits per heavy atom. The summed E-state index contributed by atoms with van der Waals surface area (Å²) in [5.74, 6) is -2.38. The molecule has 0 heterocycles. The summed E-state index contributed by atoms with van der Waals surface area (Å²) >= 11 is 1.38. The van der Waals surface area contributed by atoms with E-state index in [2.05, 4.69) is 25.3 Å². The highest BCUT2D eigenvalue weighted by Crippen LogP contribution is 2.38. The van der Waals surface area contributed by atoms with Gasteiger partial charge in [0.25, 0.3) is 0 Å². The van der Waals surface area contributed by atoms with Gasteiger partial charge in [0.2, 0.25) is 0 Å². The Balaban J connectivity index is 3.63. The normalized spacial score (nSPS) is 12.2. The van der Waals surface area contributed by atoms with Crippen LogP contribution < -0.4 is 4.90 Å². The largest absolute Gasteiger partial charge is 0.478 e. The monoisotopic (exact) mass is 423 g/mol. The number of thioether (sulfide) groups is 1. The van der Waals surface area contributed by atoms with Crippen LogP contribution in [0, 0.1) is 0 Å². The van der Waals surface area contributed by atoms with E-state index in [1.807, 2.05) is 6.26 Å². The van der Waals surface area contributed by atoms with Gasteiger partial charge in [-0.3, -0.25) is 0 Å².